The SMILES string of the molecule is C[C@]12CCC(=O)C=C1CC[C@@H]1[C@@H]2CC[C@@]2(C)[C@H]1CC[C@@]21OB(c2ccccc2)OCC1=O. The summed E-state index contributed by atoms with van der Waals surface area (Å²) < 4.78 is 12.6. The monoisotopic (exact) mass is 432 g/mol. The molecule has 4 fully saturated rings. The number of rotatable bonds is 1. The van der Waals surface area contributed by atoms with E-state index in [2.05, 4.69) is 13.8 Å². The predicted octanol–water partition coefficient (Wildman–Crippen LogP) is 4.27. The van der Waals surface area contributed by atoms with Gasteiger partial charge in [0.2, 0.25) is 0 Å². The van der Waals surface area contributed by atoms with E-state index in [-0.39, 0.29) is 23.2 Å². The zero-order valence-corrected chi connectivity index (χ0v) is 19.3. The highest BCUT2D eigenvalue weighted by Gasteiger charge is 2.68. The maximum atomic E-state index is 13.4. The van der Waals surface area contributed by atoms with E-state index in [1.807, 2.05) is 36.4 Å². The molecule has 1 saturated heterocycles. The molecule has 4 aliphatic carbocycles. The molecule has 168 valence electrons. The van der Waals surface area contributed by atoms with Crippen molar-refractivity contribution in [3.63, 3.8) is 0 Å². The largest absolute Gasteiger partial charge is 0.494 e. The van der Waals surface area contributed by atoms with Crippen molar-refractivity contribution in [3.05, 3.63) is 42.0 Å². The normalized spacial score (nSPS) is 43.5. The van der Waals surface area contributed by atoms with Gasteiger partial charge < -0.3 is 9.31 Å². The van der Waals surface area contributed by atoms with Crippen LogP contribution in [0.3, 0.4) is 0 Å². The summed E-state index contributed by atoms with van der Waals surface area (Å²) in [6, 6.07) is 10.0. The zero-order valence-electron chi connectivity index (χ0n) is 19.3. The summed E-state index contributed by atoms with van der Waals surface area (Å²) in [5.41, 5.74) is 1.66. The minimum atomic E-state index is -0.735. The van der Waals surface area contributed by atoms with Gasteiger partial charge in [0.1, 0.15) is 5.60 Å². The third-order valence-corrected chi connectivity index (χ3v) is 10.3. The molecule has 0 aromatic heterocycles. The van der Waals surface area contributed by atoms with E-state index < -0.39 is 12.7 Å². The molecule has 1 aromatic carbocycles. The standard InChI is InChI=1S/C27H33BO4/c1-25-13-10-20(29)16-18(25)8-9-21-22(25)11-14-26(2)23(21)12-15-27(26)24(30)17-31-28(32-27)19-6-4-3-5-7-19/h3-7,16,21-23H,8-15,17H2,1-2H3/t21-,22+,23+,25+,26+,27+/m1/s1. The highest BCUT2D eigenvalue weighted by Crippen LogP contribution is 2.68. The first-order valence-electron chi connectivity index (χ1n) is 12.5. The Morgan fingerprint density at radius 3 is 2.53 bits per heavy atom. The van der Waals surface area contributed by atoms with E-state index in [0.717, 1.165) is 50.4 Å². The lowest BCUT2D eigenvalue weighted by Gasteiger charge is -2.60. The van der Waals surface area contributed by atoms with Crippen LogP contribution in [0.1, 0.15) is 65.2 Å². The number of allylic oxidation sites excluding steroid dienone is 1. The molecule has 0 N–H and O–H groups in total. The highest BCUT2D eigenvalue weighted by molar-refractivity contribution is 6.62. The molecule has 6 rings (SSSR count). The first-order chi connectivity index (χ1) is 15.4. The second-order valence-electron chi connectivity index (χ2n) is 11.4. The second kappa shape index (κ2) is 7.14. The molecule has 1 aliphatic heterocycles. The van der Waals surface area contributed by atoms with Gasteiger partial charge in [-0.15, -0.1) is 0 Å². The van der Waals surface area contributed by atoms with Crippen molar-refractivity contribution in [1.29, 1.82) is 0 Å². The quantitative estimate of drug-likeness (QED) is 0.622. The van der Waals surface area contributed by atoms with Crippen molar-refractivity contribution in [2.75, 3.05) is 6.61 Å². The number of benzene rings is 1. The minimum Gasteiger partial charge on any atom is -0.400 e. The molecule has 5 aliphatic rings. The van der Waals surface area contributed by atoms with Gasteiger partial charge in [0.05, 0.1) is 6.61 Å². The Balaban J connectivity index is 1.33. The van der Waals surface area contributed by atoms with E-state index in [1.165, 1.54) is 5.57 Å². The molecule has 0 radical (unpaired) electrons. The average molecular weight is 432 g/mol. The Hall–Kier alpha value is -1.72. The number of fused-ring (bicyclic) bond motifs is 6. The summed E-state index contributed by atoms with van der Waals surface area (Å²) in [5.74, 6) is 2.17. The van der Waals surface area contributed by atoms with Gasteiger partial charge in [0, 0.05) is 11.8 Å². The highest BCUT2D eigenvalue weighted by atomic mass is 16.6. The van der Waals surface area contributed by atoms with Gasteiger partial charge in [-0.25, -0.2) is 0 Å². The van der Waals surface area contributed by atoms with Crippen LogP contribution in [0.2, 0.25) is 0 Å². The van der Waals surface area contributed by atoms with Gasteiger partial charge in [-0.1, -0.05) is 49.8 Å². The average Bonchev–Trinajstić information content (AvgIpc) is 3.09. The van der Waals surface area contributed by atoms with Crippen LogP contribution in [0.15, 0.2) is 42.0 Å². The molecule has 0 amide bonds. The van der Waals surface area contributed by atoms with Gasteiger partial charge in [0.25, 0.3) is 0 Å². The van der Waals surface area contributed by atoms with E-state index in [1.54, 1.807) is 0 Å². The Bertz CT molecular complexity index is 989. The zero-order chi connectivity index (χ0) is 22.1. The molecule has 1 spiro atoms. The van der Waals surface area contributed by atoms with Crippen LogP contribution in [0.25, 0.3) is 0 Å². The molecular formula is C27H33BO4. The molecule has 4 nitrogen and oxygen atoms in total. The molecule has 5 heteroatoms. The van der Waals surface area contributed by atoms with Gasteiger partial charge in [-0.3, -0.25) is 9.59 Å². The third kappa shape index (κ3) is 2.70. The van der Waals surface area contributed by atoms with E-state index in [0.29, 0.717) is 30.0 Å². The molecule has 0 bridgehead atoms. The molecule has 0 unspecified atom stereocenters. The van der Waals surface area contributed by atoms with Crippen LogP contribution < -0.4 is 5.46 Å². The summed E-state index contributed by atoms with van der Waals surface area (Å²) in [6.07, 6.45) is 9.83. The van der Waals surface area contributed by atoms with Gasteiger partial charge in [-0.2, -0.15) is 0 Å². The maximum Gasteiger partial charge on any atom is 0.494 e. The number of Topliss-reactive ketones (excluding diaryl/α,β-unsaturated/α-hetero) is 1. The lowest BCUT2D eigenvalue weighted by Crippen LogP contribution is -2.65. The fraction of sp³-hybridized carbons (Fsp3) is 0.630. The van der Waals surface area contributed by atoms with Crippen LogP contribution in [0, 0.1) is 28.6 Å². The molecule has 1 heterocycles. The number of ketones is 2. The summed E-state index contributed by atoms with van der Waals surface area (Å²) in [5, 5.41) is 0. The van der Waals surface area contributed by atoms with Crippen molar-refractivity contribution >= 4 is 24.1 Å². The van der Waals surface area contributed by atoms with Gasteiger partial charge >= 0.3 is 7.12 Å². The van der Waals surface area contributed by atoms with Gasteiger partial charge in [0.15, 0.2) is 11.6 Å². The molecule has 3 saturated carbocycles. The summed E-state index contributed by atoms with van der Waals surface area (Å²) in [4.78, 5) is 25.5. The van der Waals surface area contributed by atoms with Crippen molar-refractivity contribution in [2.24, 2.45) is 28.6 Å². The van der Waals surface area contributed by atoms with E-state index in [9.17, 15) is 9.59 Å². The van der Waals surface area contributed by atoms with E-state index in [4.69, 9.17) is 9.31 Å². The van der Waals surface area contributed by atoms with Crippen LogP contribution >= 0.6 is 0 Å². The summed E-state index contributed by atoms with van der Waals surface area (Å²) >= 11 is 0. The van der Waals surface area contributed by atoms with Crippen molar-refractivity contribution in [2.45, 2.75) is 70.8 Å². The van der Waals surface area contributed by atoms with Crippen LogP contribution in [-0.4, -0.2) is 30.9 Å². The molecule has 1 aromatic rings. The van der Waals surface area contributed by atoms with Crippen molar-refractivity contribution in [3.8, 4) is 0 Å². The lowest BCUT2D eigenvalue weighted by molar-refractivity contribution is -0.169. The first-order valence-corrected chi connectivity index (χ1v) is 12.5. The fourth-order valence-corrected chi connectivity index (χ4v) is 8.53. The number of hydrogen-bond donors (Lipinski definition) is 0. The van der Waals surface area contributed by atoms with Crippen molar-refractivity contribution in [1.82, 2.24) is 0 Å². The minimum absolute atomic E-state index is 0.138. The predicted molar refractivity (Wildman–Crippen MR) is 123 cm³/mol. The van der Waals surface area contributed by atoms with Gasteiger partial charge in [-0.05, 0) is 79.7 Å². The topological polar surface area (TPSA) is 52.6 Å². The molecular weight excluding hydrogens is 399 g/mol. The van der Waals surface area contributed by atoms with Crippen LogP contribution in [-0.2, 0) is 18.9 Å². The number of hydrogen-bond acceptors (Lipinski definition) is 4. The summed E-state index contributed by atoms with van der Waals surface area (Å²) in [6.45, 7) is 4.89. The third-order valence-electron chi connectivity index (χ3n) is 10.3. The summed E-state index contributed by atoms with van der Waals surface area (Å²) in [7, 11) is -0.468. The lowest BCUT2D eigenvalue weighted by atomic mass is 9.46. The smallest absolute Gasteiger partial charge is 0.400 e. The first kappa shape index (κ1) is 20.9. The molecule has 32 heavy (non-hydrogen) atoms. The van der Waals surface area contributed by atoms with E-state index >= 15 is 0 Å². The van der Waals surface area contributed by atoms with Crippen molar-refractivity contribution < 1.29 is 18.9 Å². The fourth-order valence-electron chi connectivity index (χ4n) is 8.53. The Labute approximate surface area is 191 Å². The Kier molecular flexibility index (Phi) is 4.65. The molecule has 6 atom stereocenters. The Morgan fingerprint density at radius 2 is 1.72 bits per heavy atom. The number of carbonyl (C=O) groups excluding carboxylic acids is 2. The van der Waals surface area contributed by atoms with Crippen LogP contribution in [0.5, 0.6) is 0 Å². The Morgan fingerprint density at radius 1 is 0.938 bits per heavy atom. The van der Waals surface area contributed by atoms with Crippen LogP contribution in [0.4, 0.5) is 0 Å². The number of carbonyl (C=O) groups is 2. The maximum absolute atomic E-state index is 13.4. The second-order valence-corrected chi connectivity index (χ2v) is 11.4.